The standard InChI is InChI=1S/3C10H14.CH4/c1-8(2)10-6-4-9(3)5-7-10;1-8(2)10-6-4-5-9(3)7-10;1-8(2)10-7-5-4-6-9(10)3;/h3*4-8H,1-3H3;1H4. The molecule has 0 aliphatic carbocycles. The van der Waals surface area contributed by atoms with Crippen LogP contribution in [-0.4, -0.2) is 0 Å². The van der Waals surface area contributed by atoms with Gasteiger partial charge in [0.15, 0.2) is 0 Å². The molecule has 0 saturated heterocycles. The minimum atomic E-state index is 0. The maximum absolute atomic E-state index is 2.24. The van der Waals surface area contributed by atoms with Gasteiger partial charge in [0.1, 0.15) is 0 Å². The van der Waals surface area contributed by atoms with Gasteiger partial charge >= 0.3 is 0 Å². The largest absolute Gasteiger partial charge is 0.0776 e. The zero-order valence-corrected chi connectivity index (χ0v) is 20.7. The second-order valence-corrected chi connectivity index (χ2v) is 9.15. The fourth-order valence-electron chi connectivity index (χ4n) is 3.22. The Morgan fingerprint density at radius 3 is 1.42 bits per heavy atom. The third kappa shape index (κ3) is 11.0. The molecule has 0 heterocycles. The molecule has 0 radical (unpaired) electrons. The minimum absolute atomic E-state index is 0. The molecule has 0 heteroatoms. The van der Waals surface area contributed by atoms with Gasteiger partial charge in [0.25, 0.3) is 0 Å². The van der Waals surface area contributed by atoms with E-state index in [1.165, 1.54) is 33.4 Å². The number of rotatable bonds is 3. The van der Waals surface area contributed by atoms with Crippen LogP contribution in [0.4, 0.5) is 0 Å². The zero-order chi connectivity index (χ0) is 22.7. The molecule has 3 rings (SSSR count). The normalized spacial score (nSPS) is 10.1. The van der Waals surface area contributed by atoms with E-state index in [0.29, 0.717) is 17.8 Å². The minimum Gasteiger partial charge on any atom is -0.0776 e. The van der Waals surface area contributed by atoms with E-state index in [1.54, 1.807) is 0 Å². The van der Waals surface area contributed by atoms with Crippen LogP contribution < -0.4 is 0 Å². The summed E-state index contributed by atoms with van der Waals surface area (Å²) in [5.74, 6) is 1.96. The van der Waals surface area contributed by atoms with Gasteiger partial charge in [-0.1, -0.05) is 133 Å². The Hall–Kier alpha value is -2.34. The molecule has 0 nitrogen and oxygen atoms in total. The van der Waals surface area contributed by atoms with E-state index < -0.39 is 0 Å². The highest BCUT2D eigenvalue weighted by Crippen LogP contribution is 2.17. The van der Waals surface area contributed by atoms with Crippen molar-refractivity contribution < 1.29 is 0 Å². The van der Waals surface area contributed by atoms with Crippen LogP contribution in [0.5, 0.6) is 0 Å². The number of benzene rings is 3. The highest BCUT2D eigenvalue weighted by molar-refractivity contribution is 5.28. The lowest BCUT2D eigenvalue weighted by atomic mass is 9.99. The van der Waals surface area contributed by atoms with Crippen molar-refractivity contribution in [3.8, 4) is 0 Å². The number of hydrogen-bond donors (Lipinski definition) is 0. The fourth-order valence-corrected chi connectivity index (χ4v) is 3.22. The van der Waals surface area contributed by atoms with Crippen molar-refractivity contribution in [1.82, 2.24) is 0 Å². The van der Waals surface area contributed by atoms with E-state index in [2.05, 4.69) is 135 Å². The molecule has 0 aromatic heterocycles. The molecule has 0 aliphatic heterocycles. The lowest BCUT2D eigenvalue weighted by Crippen LogP contribution is -1.89. The molecule has 0 amide bonds. The molecule has 0 aliphatic rings. The molecule has 0 bridgehead atoms. The Balaban J connectivity index is 0.000000429. The molecule has 0 fully saturated rings. The number of hydrogen-bond acceptors (Lipinski definition) is 0. The Labute approximate surface area is 193 Å². The van der Waals surface area contributed by atoms with E-state index in [1.807, 2.05) is 0 Å². The first-order valence-corrected chi connectivity index (χ1v) is 11.3. The molecule has 170 valence electrons. The van der Waals surface area contributed by atoms with Crippen molar-refractivity contribution >= 4 is 0 Å². The molecular formula is C31H46. The third-order valence-electron chi connectivity index (χ3n) is 5.26. The second-order valence-electron chi connectivity index (χ2n) is 9.15. The molecule has 0 atom stereocenters. The highest BCUT2D eigenvalue weighted by atomic mass is 14.0. The SMILES string of the molecule is C.Cc1ccc(C(C)C)cc1.Cc1cccc(C(C)C)c1.Cc1ccccc1C(C)C. The van der Waals surface area contributed by atoms with Crippen LogP contribution in [0.2, 0.25) is 0 Å². The molecule has 0 spiro atoms. The first-order chi connectivity index (χ1) is 14.1. The van der Waals surface area contributed by atoms with Gasteiger partial charge in [0, 0.05) is 0 Å². The fraction of sp³-hybridized carbons (Fsp3) is 0.419. The van der Waals surface area contributed by atoms with Crippen LogP contribution in [0.15, 0.2) is 72.8 Å². The summed E-state index contributed by atoms with van der Waals surface area (Å²) in [6, 6.07) is 25.9. The summed E-state index contributed by atoms with van der Waals surface area (Å²) in [5, 5.41) is 0. The monoisotopic (exact) mass is 418 g/mol. The summed E-state index contributed by atoms with van der Waals surface area (Å²) >= 11 is 0. The highest BCUT2D eigenvalue weighted by Gasteiger charge is 1.99. The Bertz CT molecular complexity index is 851. The van der Waals surface area contributed by atoms with Crippen molar-refractivity contribution in [3.05, 3.63) is 106 Å². The second kappa shape index (κ2) is 14.6. The molecule has 0 N–H and O–H groups in total. The van der Waals surface area contributed by atoms with Crippen LogP contribution in [0.1, 0.15) is 100 Å². The maximum atomic E-state index is 2.24. The van der Waals surface area contributed by atoms with E-state index in [0.717, 1.165) is 0 Å². The average Bonchev–Trinajstić information content (AvgIpc) is 2.69. The van der Waals surface area contributed by atoms with E-state index in [4.69, 9.17) is 0 Å². The van der Waals surface area contributed by atoms with E-state index >= 15 is 0 Å². The summed E-state index contributed by atoms with van der Waals surface area (Å²) in [6.45, 7) is 19.7. The van der Waals surface area contributed by atoms with Gasteiger partial charge < -0.3 is 0 Å². The van der Waals surface area contributed by atoms with Gasteiger partial charge in [0.2, 0.25) is 0 Å². The summed E-state index contributed by atoms with van der Waals surface area (Å²) < 4.78 is 0. The Morgan fingerprint density at radius 1 is 0.484 bits per heavy atom. The number of aryl methyl sites for hydroxylation is 3. The molecular weight excluding hydrogens is 372 g/mol. The topological polar surface area (TPSA) is 0 Å². The lowest BCUT2D eigenvalue weighted by molar-refractivity contribution is 0.856. The summed E-state index contributed by atoms with van der Waals surface area (Å²) in [5.41, 5.74) is 8.40. The van der Waals surface area contributed by atoms with Crippen LogP contribution >= 0.6 is 0 Å². The predicted molar refractivity (Wildman–Crippen MR) is 143 cm³/mol. The van der Waals surface area contributed by atoms with Crippen molar-refractivity contribution in [2.75, 3.05) is 0 Å². The molecule has 3 aromatic carbocycles. The van der Waals surface area contributed by atoms with Crippen molar-refractivity contribution in [2.24, 2.45) is 0 Å². The average molecular weight is 419 g/mol. The van der Waals surface area contributed by atoms with Gasteiger partial charge in [-0.25, -0.2) is 0 Å². The van der Waals surface area contributed by atoms with Crippen LogP contribution in [0.25, 0.3) is 0 Å². The summed E-state index contributed by atoms with van der Waals surface area (Å²) in [7, 11) is 0. The molecule has 3 aromatic rings. The van der Waals surface area contributed by atoms with Gasteiger partial charge in [-0.05, 0) is 60.8 Å². The maximum Gasteiger partial charge on any atom is -0.0216 e. The molecule has 0 saturated carbocycles. The zero-order valence-electron chi connectivity index (χ0n) is 20.7. The molecule has 0 unspecified atom stereocenters. The van der Waals surface area contributed by atoms with Crippen LogP contribution in [-0.2, 0) is 0 Å². The predicted octanol–water partition coefficient (Wildman–Crippen LogP) is 9.99. The van der Waals surface area contributed by atoms with Gasteiger partial charge in [0.05, 0.1) is 0 Å². The Morgan fingerprint density at radius 2 is 1.03 bits per heavy atom. The lowest BCUT2D eigenvalue weighted by Gasteiger charge is -2.07. The third-order valence-corrected chi connectivity index (χ3v) is 5.26. The quantitative estimate of drug-likeness (QED) is 0.397. The van der Waals surface area contributed by atoms with Gasteiger partial charge in [-0.15, -0.1) is 0 Å². The smallest absolute Gasteiger partial charge is 0.0216 e. The van der Waals surface area contributed by atoms with Gasteiger partial charge in [-0.2, -0.15) is 0 Å². The van der Waals surface area contributed by atoms with Crippen LogP contribution in [0, 0.1) is 20.8 Å². The first kappa shape index (κ1) is 28.7. The van der Waals surface area contributed by atoms with Gasteiger partial charge in [-0.3, -0.25) is 0 Å². The van der Waals surface area contributed by atoms with Crippen LogP contribution in [0.3, 0.4) is 0 Å². The Kier molecular flexibility index (Phi) is 13.5. The summed E-state index contributed by atoms with van der Waals surface area (Å²) in [4.78, 5) is 0. The van der Waals surface area contributed by atoms with Crippen molar-refractivity contribution in [2.45, 2.75) is 87.5 Å². The van der Waals surface area contributed by atoms with E-state index in [9.17, 15) is 0 Å². The van der Waals surface area contributed by atoms with Crippen molar-refractivity contribution in [1.29, 1.82) is 0 Å². The first-order valence-electron chi connectivity index (χ1n) is 11.3. The molecule has 31 heavy (non-hydrogen) atoms. The summed E-state index contributed by atoms with van der Waals surface area (Å²) in [6.07, 6.45) is 0. The van der Waals surface area contributed by atoms with E-state index in [-0.39, 0.29) is 7.43 Å². The van der Waals surface area contributed by atoms with Crippen molar-refractivity contribution in [3.63, 3.8) is 0 Å².